The van der Waals surface area contributed by atoms with Crippen molar-refractivity contribution < 1.29 is 23.8 Å². The quantitative estimate of drug-likeness (QED) is 0.425. The van der Waals surface area contributed by atoms with Gasteiger partial charge in [-0.2, -0.15) is 0 Å². The summed E-state index contributed by atoms with van der Waals surface area (Å²) in [6.45, 7) is 0. The van der Waals surface area contributed by atoms with Crippen molar-refractivity contribution >= 4 is 12.1 Å². The van der Waals surface area contributed by atoms with Crippen LogP contribution in [-0.4, -0.2) is 33.4 Å². The van der Waals surface area contributed by atoms with Crippen LogP contribution < -0.4 is 14.2 Å². The van der Waals surface area contributed by atoms with Crippen LogP contribution in [0, 0.1) is 0 Å². The van der Waals surface area contributed by atoms with Gasteiger partial charge in [0.1, 0.15) is 0 Å². The first-order valence-corrected chi connectivity index (χ1v) is 4.48. The van der Waals surface area contributed by atoms with Gasteiger partial charge in [-0.3, -0.25) is 9.59 Å². The lowest BCUT2D eigenvalue weighted by Crippen LogP contribution is -2.05. The molecule has 0 amide bonds. The molecule has 0 saturated carbocycles. The Hall–Kier alpha value is -2.04. The molecule has 0 unspecified atom stereocenters. The number of carbonyl (C=O) groups excluding carboxylic acids is 2. The first-order valence-electron chi connectivity index (χ1n) is 4.48. The van der Waals surface area contributed by atoms with Crippen LogP contribution in [-0.2, 0) is 4.79 Å². The molecule has 0 fully saturated rings. The summed E-state index contributed by atoms with van der Waals surface area (Å²) in [5.41, 5.74) is 0.148. The highest BCUT2D eigenvalue weighted by Crippen LogP contribution is 2.39. The second-order valence-corrected chi connectivity index (χ2v) is 2.86. The highest BCUT2D eigenvalue weighted by Gasteiger charge is 2.19. The minimum absolute atomic E-state index is 0.148. The Morgan fingerprint density at radius 3 is 2.12 bits per heavy atom. The molecule has 0 aliphatic heterocycles. The summed E-state index contributed by atoms with van der Waals surface area (Å²) in [5, 5.41) is 0. The summed E-state index contributed by atoms with van der Waals surface area (Å²) in [5.74, 6) is 0.247. The van der Waals surface area contributed by atoms with E-state index in [0.717, 1.165) is 0 Å². The minimum Gasteiger partial charge on any atom is -0.493 e. The summed E-state index contributed by atoms with van der Waals surface area (Å²) < 4.78 is 15.2. The van der Waals surface area contributed by atoms with Crippen LogP contribution in [0.25, 0.3) is 0 Å². The lowest BCUT2D eigenvalue weighted by Gasteiger charge is -2.13. The Balaban J connectivity index is 3.42. The van der Waals surface area contributed by atoms with Gasteiger partial charge in [0.15, 0.2) is 17.8 Å². The summed E-state index contributed by atoms with van der Waals surface area (Å²) in [6.07, 6.45) is 0.226. The Kier molecular flexibility index (Phi) is 3.88. The van der Waals surface area contributed by atoms with Gasteiger partial charge in [-0.05, 0) is 12.1 Å². The van der Waals surface area contributed by atoms with Crippen LogP contribution in [0.1, 0.15) is 10.4 Å². The molecule has 0 bridgehead atoms. The number of ether oxygens (including phenoxy) is 3. The van der Waals surface area contributed by atoms with Gasteiger partial charge >= 0.3 is 0 Å². The van der Waals surface area contributed by atoms with Crippen LogP contribution in [0.4, 0.5) is 0 Å². The number of aldehydes is 1. The molecule has 0 aliphatic carbocycles. The molecular weight excluding hydrogens is 212 g/mol. The summed E-state index contributed by atoms with van der Waals surface area (Å²) in [4.78, 5) is 21.8. The van der Waals surface area contributed by atoms with Crippen molar-refractivity contribution in [1.82, 2.24) is 0 Å². The third-order valence-corrected chi connectivity index (χ3v) is 2.08. The molecule has 5 heteroatoms. The Labute approximate surface area is 92.9 Å². The molecule has 1 aromatic carbocycles. The fourth-order valence-electron chi connectivity index (χ4n) is 1.36. The van der Waals surface area contributed by atoms with Gasteiger partial charge in [0.2, 0.25) is 11.5 Å². The van der Waals surface area contributed by atoms with Crippen LogP contribution >= 0.6 is 0 Å². The Bertz CT molecular complexity index is 411. The number of ketones is 1. The molecule has 0 heterocycles. The lowest BCUT2D eigenvalue weighted by molar-refractivity contribution is -0.104. The van der Waals surface area contributed by atoms with E-state index < -0.39 is 5.78 Å². The van der Waals surface area contributed by atoms with E-state index in [1.165, 1.54) is 33.5 Å². The highest BCUT2D eigenvalue weighted by atomic mass is 16.5. The number of hydrogen-bond acceptors (Lipinski definition) is 5. The summed E-state index contributed by atoms with van der Waals surface area (Å²) >= 11 is 0. The zero-order valence-electron chi connectivity index (χ0n) is 9.27. The largest absolute Gasteiger partial charge is 0.493 e. The summed E-state index contributed by atoms with van der Waals surface area (Å²) in [6, 6.07) is 3.00. The molecule has 0 N–H and O–H groups in total. The molecule has 0 spiro atoms. The van der Waals surface area contributed by atoms with Crippen molar-refractivity contribution in [2.45, 2.75) is 0 Å². The van der Waals surface area contributed by atoms with E-state index >= 15 is 0 Å². The van der Waals surface area contributed by atoms with E-state index in [9.17, 15) is 9.59 Å². The maximum atomic E-state index is 11.3. The smallest absolute Gasteiger partial charge is 0.229 e. The molecule has 16 heavy (non-hydrogen) atoms. The van der Waals surface area contributed by atoms with Gasteiger partial charge in [-0.15, -0.1) is 0 Å². The van der Waals surface area contributed by atoms with Crippen molar-refractivity contribution in [2.24, 2.45) is 0 Å². The van der Waals surface area contributed by atoms with E-state index in [1.807, 2.05) is 0 Å². The van der Waals surface area contributed by atoms with E-state index in [0.29, 0.717) is 5.75 Å². The number of rotatable bonds is 5. The van der Waals surface area contributed by atoms with Crippen molar-refractivity contribution in [3.63, 3.8) is 0 Å². The van der Waals surface area contributed by atoms with E-state index in [1.54, 1.807) is 0 Å². The minimum atomic E-state index is -0.669. The van der Waals surface area contributed by atoms with Crippen LogP contribution in [0.2, 0.25) is 0 Å². The normalized spacial score (nSPS) is 9.44. The van der Waals surface area contributed by atoms with Crippen LogP contribution in [0.15, 0.2) is 12.1 Å². The molecule has 1 rings (SSSR count). The van der Waals surface area contributed by atoms with Crippen molar-refractivity contribution in [3.05, 3.63) is 17.7 Å². The first-order chi connectivity index (χ1) is 7.69. The number of Topliss-reactive ketones (excluding diaryl/α,β-unsaturated/α-hetero) is 1. The van der Waals surface area contributed by atoms with E-state index in [4.69, 9.17) is 14.2 Å². The fraction of sp³-hybridized carbons (Fsp3) is 0.273. The monoisotopic (exact) mass is 224 g/mol. The van der Waals surface area contributed by atoms with Crippen molar-refractivity contribution in [2.75, 3.05) is 21.3 Å². The second kappa shape index (κ2) is 5.16. The molecule has 0 aromatic heterocycles. The van der Waals surface area contributed by atoms with E-state index in [2.05, 4.69) is 0 Å². The maximum absolute atomic E-state index is 11.3. The van der Waals surface area contributed by atoms with Crippen molar-refractivity contribution in [1.29, 1.82) is 0 Å². The van der Waals surface area contributed by atoms with Gasteiger partial charge < -0.3 is 14.2 Å². The van der Waals surface area contributed by atoms with Gasteiger partial charge in [0, 0.05) is 0 Å². The highest BCUT2D eigenvalue weighted by molar-refractivity contribution is 6.34. The second-order valence-electron chi connectivity index (χ2n) is 2.86. The summed E-state index contributed by atoms with van der Waals surface area (Å²) in [7, 11) is 4.28. The molecule has 1 aromatic rings. The molecule has 86 valence electrons. The third-order valence-electron chi connectivity index (χ3n) is 2.08. The van der Waals surface area contributed by atoms with Gasteiger partial charge in [0.05, 0.1) is 26.9 Å². The molecule has 0 radical (unpaired) electrons. The van der Waals surface area contributed by atoms with E-state index in [-0.39, 0.29) is 23.3 Å². The molecular formula is C11H12O5. The molecule has 0 saturated heterocycles. The number of methoxy groups -OCH3 is 3. The zero-order valence-corrected chi connectivity index (χ0v) is 9.27. The van der Waals surface area contributed by atoms with Gasteiger partial charge in [-0.25, -0.2) is 0 Å². The van der Waals surface area contributed by atoms with Gasteiger partial charge in [0.25, 0.3) is 0 Å². The molecule has 5 nitrogen and oxygen atoms in total. The van der Waals surface area contributed by atoms with Crippen LogP contribution in [0.5, 0.6) is 17.2 Å². The standard InChI is InChI=1S/C11H12O5/c1-14-9-5-4-7(8(13)6-12)10(15-2)11(9)16-3/h4-6H,1-3H3. The Morgan fingerprint density at radius 1 is 1.06 bits per heavy atom. The predicted octanol–water partition coefficient (Wildman–Crippen LogP) is 1.09. The fourth-order valence-corrected chi connectivity index (χ4v) is 1.36. The van der Waals surface area contributed by atoms with Crippen LogP contribution in [0.3, 0.4) is 0 Å². The zero-order chi connectivity index (χ0) is 12.1. The van der Waals surface area contributed by atoms with Gasteiger partial charge in [-0.1, -0.05) is 0 Å². The SMILES string of the molecule is COc1ccc(C(=O)C=O)c(OC)c1OC. The third kappa shape index (κ3) is 1.98. The average Bonchev–Trinajstić information content (AvgIpc) is 2.35. The molecule has 0 aliphatic rings. The van der Waals surface area contributed by atoms with Crippen molar-refractivity contribution in [3.8, 4) is 17.2 Å². The molecule has 0 atom stereocenters. The first kappa shape index (κ1) is 12.0. The number of benzene rings is 1. The Morgan fingerprint density at radius 2 is 1.69 bits per heavy atom. The number of carbonyl (C=O) groups is 2. The topological polar surface area (TPSA) is 61.8 Å². The maximum Gasteiger partial charge on any atom is 0.229 e. The number of hydrogen-bond donors (Lipinski definition) is 0. The average molecular weight is 224 g/mol. The lowest BCUT2D eigenvalue weighted by atomic mass is 10.1. The predicted molar refractivity (Wildman–Crippen MR) is 56.5 cm³/mol.